The molecular formula is C22H19ClFN3O3S. The number of carbonyl (C=O) groups excluding carboxylic acids is 2. The number of aliphatic hydroxyl groups is 1. The second-order valence-corrected chi connectivity index (χ2v) is 8.09. The van der Waals surface area contributed by atoms with E-state index in [1.807, 2.05) is 0 Å². The standard InChI is InChI=1S/C22H19ClFN3O3S/c1-21(30)11-10-13(12-22(21,23)19(31)27-20(25)29)14-6-3-5-9-17(14)26-18(28)15-7-2-4-8-16(15)24/h2-12,30H,1H3,(H,26,28)(H3,25,27,29,31). The number of urea groups is 1. The fourth-order valence-corrected chi connectivity index (χ4v) is 3.72. The van der Waals surface area contributed by atoms with E-state index in [1.165, 1.54) is 37.3 Å². The van der Waals surface area contributed by atoms with Crippen LogP contribution in [0.5, 0.6) is 0 Å². The van der Waals surface area contributed by atoms with Gasteiger partial charge in [-0.05, 0) is 36.8 Å². The second kappa shape index (κ2) is 8.58. The summed E-state index contributed by atoms with van der Waals surface area (Å²) in [5, 5.41) is 15.7. The zero-order valence-corrected chi connectivity index (χ0v) is 17.9. The number of anilines is 1. The maximum atomic E-state index is 14.0. The van der Waals surface area contributed by atoms with Crippen molar-refractivity contribution < 1.29 is 19.1 Å². The van der Waals surface area contributed by atoms with E-state index >= 15 is 0 Å². The lowest BCUT2D eigenvalue weighted by Crippen LogP contribution is -2.57. The lowest BCUT2D eigenvalue weighted by Gasteiger charge is -2.39. The van der Waals surface area contributed by atoms with Gasteiger partial charge in [0.05, 0.1) is 5.56 Å². The molecule has 0 saturated heterocycles. The predicted molar refractivity (Wildman–Crippen MR) is 122 cm³/mol. The molecule has 9 heteroatoms. The van der Waals surface area contributed by atoms with Gasteiger partial charge in [0.15, 0.2) is 0 Å². The van der Waals surface area contributed by atoms with E-state index in [1.54, 1.807) is 36.4 Å². The highest BCUT2D eigenvalue weighted by Gasteiger charge is 2.48. The Morgan fingerprint density at radius 3 is 2.48 bits per heavy atom. The third-order valence-electron chi connectivity index (χ3n) is 4.85. The molecule has 0 fully saturated rings. The molecular weight excluding hydrogens is 441 g/mol. The normalized spacial score (nSPS) is 22.4. The van der Waals surface area contributed by atoms with Crippen LogP contribution in [-0.2, 0) is 0 Å². The smallest absolute Gasteiger partial charge is 0.317 e. The van der Waals surface area contributed by atoms with Gasteiger partial charge in [0, 0.05) is 11.3 Å². The van der Waals surface area contributed by atoms with Gasteiger partial charge in [-0.1, -0.05) is 54.7 Å². The molecule has 0 radical (unpaired) electrons. The molecule has 0 aromatic heterocycles. The molecule has 3 amide bonds. The van der Waals surface area contributed by atoms with Crippen molar-refractivity contribution in [2.45, 2.75) is 17.4 Å². The van der Waals surface area contributed by atoms with Crippen LogP contribution in [0.1, 0.15) is 22.8 Å². The minimum absolute atomic E-state index is 0.105. The van der Waals surface area contributed by atoms with Crippen LogP contribution in [0.25, 0.3) is 5.57 Å². The zero-order chi connectivity index (χ0) is 22.8. The van der Waals surface area contributed by atoms with Crippen LogP contribution in [0.4, 0.5) is 14.9 Å². The van der Waals surface area contributed by atoms with Crippen LogP contribution in [0.2, 0.25) is 0 Å². The number of rotatable bonds is 4. The van der Waals surface area contributed by atoms with E-state index in [4.69, 9.17) is 29.6 Å². The Balaban J connectivity index is 2.01. The van der Waals surface area contributed by atoms with Gasteiger partial charge < -0.3 is 21.5 Å². The molecule has 0 bridgehead atoms. The maximum Gasteiger partial charge on any atom is 0.317 e. The number of halogens is 2. The van der Waals surface area contributed by atoms with Crippen molar-refractivity contribution in [1.29, 1.82) is 0 Å². The Labute approximate surface area is 188 Å². The molecule has 2 atom stereocenters. The van der Waals surface area contributed by atoms with Crippen molar-refractivity contribution in [3.63, 3.8) is 0 Å². The number of primary amides is 1. The van der Waals surface area contributed by atoms with Crippen molar-refractivity contribution in [2.75, 3.05) is 5.32 Å². The first kappa shape index (κ1) is 22.6. The Morgan fingerprint density at radius 1 is 1.16 bits per heavy atom. The third-order valence-corrected chi connectivity index (χ3v) is 6.07. The van der Waals surface area contributed by atoms with Crippen LogP contribution >= 0.6 is 23.8 Å². The first-order chi connectivity index (χ1) is 14.5. The minimum Gasteiger partial charge on any atom is -0.383 e. The Kier molecular flexibility index (Phi) is 6.26. The monoisotopic (exact) mass is 459 g/mol. The van der Waals surface area contributed by atoms with Crippen LogP contribution in [0.15, 0.2) is 66.8 Å². The third kappa shape index (κ3) is 4.51. The highest BCUT2D eigenvalue weighted by molar-refractivity contribution is 7.80. The molecule has 6 nitrogen and oxygen atoms in total. The molecule has 160 valence electrons. The topological polar surface area (TPSA) is 104 Å². The van der Waals surface area contributed by atoms with Gasteiger partial charge in [0.25, 0.3) is 5.91 Å². The highest BCUT2D eigenvalue weighted by Crippen LogP contribution is 2.41. The fraction of sp³-hybridized carbons (Fsp3) is 0.136. The second-order valence-electron chi connectivity index (χ2n) is 7.09. The van der Waals surface area contributed by atoms with E-state index in [0.717, 1.165) is 0 Å². The summed E-state index contributed by atoms with van der Waals surface area (Å²) < 4.78 is 14.0. The summed E-state index contributed by atoms with van der Waals surface area (Å²) in [7, 11) is 0. The Morgan fingerprint density at radius 2 is 1.81 bits per heavy atom. The number of carbonyl (C=O) groups is 2. The molecule has 0 saturated carbocycles. The maximum absolute atomic E-state index is 14.0. The van der Waals surface area contributed by atoms with Gasteiger partial charge in [-0.15, -0.1) is 11.6 Å². The molecule has 3 rings (SSSR count). The first-order valence-electron chi connectivity index (χ1n) is 9.15. The van der Waals surface area contributed by atoms with Gasteiger partial charge in [0.2, 0.25) is 0 Å². The van der Waals surface area contributed by atoms with E-state index < -0.39 is 28.2 Å². The zero-order valence-electron chi connectivity index (χ0n) is 16.4. The Hall–Kier alpha value is -3.07. The average Bonchev–Trinajstić information content (AvgIpc) is 2.70. The number of hydrogen-bond donors (Lipinski definition) is 4. The van der Waals surface area contributed by atoms with E-state index in [-0.39, 0.29) is 10.6 Å². The largest absolute Gasteiger partial charge is 0.383 e. The summed E-state index contributed by atoms with van der Waals surface area (Å²) in [4.78, 5) is 22.0. The Bertz CT molecular complexity index is 1130. The van der Waals surface area contributed by atoms with E-state index in [2.05, 4.69) is 10.6 Å². The first-order valence-corrected chi connectivity index (χ1v) is 9.93. The number of benzene rings is 2. The number of allylic oxidation sites excluding steroid dienone is 2. The SMILES string of the molecule is CC1(O)C=CC(c2ccccc2NC(=O)c2ccccc2F)=CC1(Cl)C(=S)NC(N)=O. The van der Waals surface area contributed by atoms with Crippen LogP contribution in [0.3, 0.4) is 0 Å². The van der Waals surface area contributed by atoms with Crippen molar-refractivity contribution >= 4 is 52.0 Å². The van der Waals surface area contributed by atoms with Crippen molar-refractivity contribution in [2.24, 2.45) is 5.73 Å². The predicted octanol–water partition coefficient (Wildman–Crippen LogP) is 3.76. The average molecular weight is 460 g/mol. The summed E-state index contributed by atoms with van der Waals surface area (Å²) in [6, 6.07) is 11.5. The molecule has 2 aromatic carbocycles. The molecule has 5 N–H and O–H groups in total. The number of nitrogens with one attached hydrogen (secondary N) is 2. The molecule has 31 heavy (non-hydrogen) atoms. The summed E-state index contributed by atoms with van der Waals surface area (Å²) in [6.07, 6.45) is 4.52. The molecule has 1 aliphatic carbocycles. The van der Waals surface area contributed by atoms with Gasteiger partial charge in [-0.2, -0.15) is 0 Å². The number of nitrogens with two attached hydrogens (primary N) is 1. The number of para-hydroxylation sites is 1. The molecule has 0 aliphatic heterocycles. The van der Waals surface area contributed by atoms with Crippen molar-refractivity contribution in [3.05, 3.63) is 83.7 Å². The lowest BCUT2D eigenvalue weighted by atomic mass is 9.80. The van der Waals surface area contributed by atoms with Gasteiger partial charge >= 0.3 is 6.03 Å². The van der Waals surface area contributed by atoms with Gasteiger partial charge in [0.1, 0.15) is 21.3 Å². The highest BCUT2D eigenvalue weighted by atomic mass is 35.5. The van der Waals surface area contributed by atoms with Crippen molar-refractivity contribution in [3.8, 4) is 0 Å². The molecule has 2 aromatic rings. The van der Waals surface area contributed by atoms with E-state index in [9.17, 15) is 19.1 Å². The van der Waals surface area contributed by atoms with Crippen LogP contribution < -0.4 is 16.4 Å². The fourth-order valence-electron chi connectivity index (χ4n) is 3.13. The number of thiocarbonyl (C=S) groups is 1. The quantitative estimate of drug-likeness (QED) is 0.412. The molecule has 2 unspecified atom stereocenters. The molecule has 1 aliphatic rings. The number of amides is 3. The van der Waals surface area contributed by atoms with Gasteiger partial charge in [-0.25, -0.2) is 9.18 Å². The summed E-state index contributed by atoms with van der Waals surface area (Å²) in [5.41, 5.74) is 4.85. The van der Waals surface area contributed by atoms with Gasteiger partial charge in [-0.3, -0.25) is 4.79 Å². The number of hydrogen-bond acceptors (Lipinski definition) is 4. The number of alkyl halides is 1. The summed E-state index contributed by atoms with van der Waals surface area (Å²) in [6.45, 7) is 1.44. The van der Waals surface area contributed by atoms with Crippen molar-refractivity contribution in [1.82, 2.24) is 5.32 Å². The molecule has 0 spiro atoms. The summed E-state index contributed by atoms with van der Waals surface area (Å²) in [5.74, 6) is -1.27. The molecule has 0 heterocycles. The lowest BCUT2D eigenvalue weighted by molar-refractivity contribution is 0.101. The van der Waals surface area contributed by atoms with Crippen LogP contribution in [0, 0.1) is 5.82 Å². The van der Waals surface area contributed by atoms with Crippen LogP contribution in [-0.4, -0.2) is 32.5 Å². The minimum atomic E-state index is -1.69. The summed E-state index contributed by atoms with van der Waals surface area (Å²) >= 11 is 11.9. The van der Waals surface area contributed by atoms with E-state index in [0.29, 0.717) is 16.8 Å².